The second kappa shape index (κ2) is 7.42. The number of likely N-dealkylation sites (tertiary alicyclic amines) is 1. The number of nitrogens with zero attached hydrogens (tertiary/aromatic N) is 3. The molecule has 0 unspecified atom stereocenters. The molecular formula is C20H29N3O2. The molecular weight excluding hydrogens is 314 g/mol. The first-order valence-corrected chi connectivity index (χ1v) is 9.68. The number of aromatic nitrogens is 1. The normalized spacial score (nSPS) is 32.2. The van der Waals surface area contributed by atoms with Crippen LogP contribution in [0.4, 0.5) is 0 Å². The van der Waals surface area contributed by atoms with Gasteiger partial charge >= 0.3 is 0 Å². The summed E-state index contributed by atoms with van der Waals surface area (Å²) < 4.78 is 5.42. The van der Waals surface area contributed by atoms with E-state index < -0.39 is 0 Å². The molecule has 1 aromatic heterocycles. The molecule has 0 aromatic carbocycles. The maximum absolute atomic E-state index is 12.8. The summed E-state index contributed by atoms with van der Waals surface area (Å²) >= 11 is 0. The van der Waals surface area contributed by atoms with Gasteiger partial charge in [0.2, 0.25) is 5.91 Å². The van der Waals surface area contributed by atoms with Gasteiger partial charge in [0.25, 0.3) is 0 Å². The van der Waals surface area contributed by atoms with E-state index in [1.54, 1.807) is 0 Å². The van der Waals surface area contributed by atoms with Crippen molar-refractivity contribution in [2.75, 3.05) is 33.4 Å². The molecule has 3 fully saturated rings. The number of pyridine rings is 1. The van der Waals surface area contributed by atoms with E-state index in [1.165, 1.54) is 24.8 Å². The summed E-state index contributed by atoms with van der Waals surface area (Å²) in [6.07, 6.45) is 8.47. The second-order valence-corrected chi connectivity index (χ2v) is 8.00. The second-order valence-electron chi connectivity index (χ2n) is 8.00. The summed E-state index contributed by atoms with van der Waals surface area (Å²) in [5.74, 6) is 1.72. The monoisotopic (exact) mass is 343 g/mol. The number of carbonyl (C=O) groups is 1. The number of carbonyl (C=O) groups excluding carboxylic acids is 1. The Labute approximate surface area is 150 Å². The molecule has 0 spiro atoms. The lowest BCUT2D eigenvalue weighted by atomic mass is 9.77. The van der Waals surface area contributed by atoms with E-state index in [2.05, 4.69) is 27.9 Å². The van der Waals surface area contributed by atoms with Crippen LogP contribution in [-0.4, -0.2) is 60.1 Å². The van der Waals surface area contributed by atoms with Crippen molar-refractivity contribution in [3.63, 3.8) is 0 Å². The van der Waals surface area contributed by atoms with Crippen molar-refractivity contribution in [2.45, 2.75) is 38.3 Å². The summed E-state index contributed by atoms with van der Waals surface area (Å²) in [5, 5.41) is 0. The van der Waals surface area contributed by atoms with Crippen molar-refractivity contribution in [1.29, 1.82) is 0 Å². The van der Waals surface area contributed by atoms with Crippen molar-refractivity contribution in [3.05, 3.63) is 30.1 Å². The Hall–Kier alpha value is -1.46. The Morgan fingerprint density at radius 2 is 2.28 bits per heavy atom. The molecule has 4 atom stereocenters. The molecule has 2 saturated heterocycles. The molecule has 1 saturated carbocycles. The third-order valence-electron chi connectivity index (χ3n) is 6.37. The van der Waals surface area contributed by atoms with E-state index in [9.17, 15) is 4.79 Å². The van der Waals surface area contributed by atoms with Crippen LogP contribution < -0.4 is 0 Å². The van der Waals surface area contributed by atoms with Gasteiger partial charge in [0.05, 0.1) is 12.5 Å². The largest absolute Gasteiger partial charge is 0.381 e. The van der Waals surface area contributed by atoms with Gasteiger partial charge in [0, 0.05) is 44.7 Å². The Bertz CT molecular complexity index is 588. The van der Waals surface area contributed by atoms with Crippen molar-refractivity contribution >= 4 is 5.91 Å². The van der Waals surface area contributed by atoms with Crippen LogP contribution in [-0.2, 0) is 16.1 Å². The van der Waals surface area contributed by atoms with Crippen LogP contribution in [0, 0.1) is 17.8 Å². The van der Waals surface area contributed by atoms with E-state index in [-0.39, 0.29) is 5.92 Å². The highest BCUT2D eigenvalue weighted by atomic mass is 16.5. The van der Waals surface area contributed by atoms with Gasteiger partial charge in [0.1, 0.15) is 0 Å². The Morgan fingerprint density at radius 1 is 1.36 bits per heavy atom. The zero-order valence-electron chi connectivity index (χ0n) is 15.1. The summed E-state index contributed by atoms with van der Waals surface area (Å²) in [6.45, 7) is 4.19. The third kappa shape index (κ3) is 3.58. The van der Waals surface area contributed by atoms with E-state index in [0.29, 0.717) is 30.4 Å². The fourth-order valence-corrected chi connectivity index (χ4v) is 5.05. The molecule has 0 radical (unpaired) electrons. The highest BCUT2D eigenvalue weighted by Gasteiger charge is 2.44. The van der Waals surface area contributed by atoms with Crippen LogP contribution in [0.1, 0.15) is 31.2 Å². The van der Waals surface area contributed by atoms with E-state index in [1.807, 2.05) is 18.5 Å². The van der Waals surface area contributed by atoms with Crippen molar-refractivity contribution in [3.8, 4) is 0 Å². The highest BCUT2D eigenvalue weighted by Crippen LogP contribution is 2.39. The first kappa shape index (κ1) is 17.0. The van der Waals surface area contributed by atoms with Crippen LogP contribution in [0.3, 0.4) is 0 Å². The molecule has 3 aliphatic rings. The molecule has 5 nitrogen and oxygen atoms in total. The molecule has 5 heteroatoms. The lowest BCUT2D eigenvalue weighted by Crippen LogP contribution is -2.43. The number of amides is 1. The van der Waals surface area contributed by atoms with Crippen molar-refractivity contribution < 1.29 is 9.53 Å². The summed E-state index contributed by atoms with van der Waals surface area (Å²) in [6, 6.07) is 4.72. The zero-order valence-corrected chi connectivity index (χ0v) is 15.1. The van der Waals surface area contributed by atoms with Crippen LogP contribution in [0.2, 0.25) is 0 Å². The zero-order chi connectivity index (χ0) is 17.2. The maximum atomic E-state index is 12.8. The molecule has 0 bridgehead atoms. The lowest BCUT2D eigenvalue weighted by molar-refractivity contribution is -0.134. The molecule has 25 heavy (non-hydrogen) atoms. The summed E-state index contributed by atoms with van der Waals surface area (Å²) in [5.41, 5.74) is 1.26. The minimum atomic E-state index is 0.103. The molecule has 0 N–H and O–H groups in total. The van der Waals surface area contributed by atoms with Gasteiger partial charge in [-0.05, 0) is 49.8 Å². The maximum Gasteiger partial charge on any atom is 0.228 e. The van der Waals surface area contributed by atoms with Gasteiger partial charge < -0.3 is 9.64 Å². The molecule has 1 aromatic rings. The fourth-order valence-electron chi connectivity index (χ4n) is 5.05. The van der Waals surface area contributed by atoms with Crippen molar-refractivity contribution in [1.82, 2.24) is 14.8 Å². The Balaban J connectivity index is 1.41. The average Bonchev–Trinajstić information content (AvgIpc) is 3.31. The molecule has 3 heterocycles. The van der Waals surface area contributed by atoms with Gasteiger partial charge in [-0.25, -0.2) is 0 Å². The van der Waals surface area contributed by atoms with Crippen LogP contribution in [0.15, 0.2) is 24.5 Å². The minimum Gasteiger partial charge on any atom is -0.381 e. The first-order valence-electron chi connectivity index (χ1n) is 9.68. The topological polar surface area (TPSA) is 45.7 Å². The number of hydrogen-bond donors (Lipinski definition) is 0. The number of fused-ring (bicyclic) bond motifs is 1. The Kier molecular flexibility index (Phi) is 5.04. The number of ether oxygens (including phenoxy) is 1. The molecule has 1 amide bonds. The summed E-state index contributed by atoms with van der Waals surface area (Å²) in [4.78, 5) is 21.7. The van der Waals surface area contributed by atoms with Crippen molar-refractivity contribution in [2.24, 2.45) is 17.8 Å². The molecule has 136 valence electrons. The van der Waals surface area contributed by atoms with Gasteiger partial charge in [-0.2, -0.15) is 0 Å². The smallest absolute Gasteiger partial charge is 0.228 e. The highest BCUT2D eigenvalue weighted by molar-refractivity contribution is 5.79. The first-order chi connectivity index (χ1) is 12.2. The molecule has 4 rings (SSSR count). The van der Waals surface area contributed by atoms with Crippen LogP contribution in [0.25, 0.3) is 0 Å². The van der Waals surface area contributed by atoms with Gasteiger partial charge in [0.15, 0.2) is 0 Å². The van der Waals surface area contributed by atoms with E-state index in [4.69, 9.17) is 4.74 Å². The third-order valence-corrected chi connectivity index (χ3v) is 6.37. The summed E-state index contributed by atoms with van der Waals surface area (Å²) in [7, 11) is 2.23. The predicted molar refractivity (Wildman–Crippen MR) is 95.8 cm³/mol. The lowest BCUT2D eigenvalue weighted by Gasteiger charge is -2.39. The molecule has 2 aliphatic heterocycles. The SMILES string of the molecule is CN(Cc1cccnc1)[C@@H]1CCC[C@@H]2CN(C(=O)[C@@H]3CCOC3)C[C@@H]21. The van der Waals surface area contributed by atoms with Crippen LogP contribution in [0.5, 0.6) is 0 Å². The van der Waals surface area contributed by atoms with Gasteiger partial charge in [-0.1, -0.05) is 12.5 Å². The van der Waals surface area contributed by atoms with Gasteiger partial charge in [-0.3, -0.25) is 14.7 Å². The van der Waals surface area contributed by atoms with Crippen LogP contribution >= 0.6 is 0 Å². The fraction of sp³-hybridized carbons (Fsp3) is 0.700. The number of hydrogen-bond acceptors (Lipinski definition) is 4. The quantitative estimate of drug-likeness (QED) is 0.841. The number of rotatable bonds is 4. The average molecular weight is 343 g/mol. The van der Waals surface area contributed by atoms with E-state index in [0.717, 1.165) is 32.7 Å². The predicted octanol–water partition coefficient (Wildman–Crippen LogP) is 2.18. The Morgan fingerprint density at radius 3 is 3.04 bits per heavy atom. The standard InChI is InChI=1S/C20H29N3O2/c1-22(11-15-4-3-8-21-10-15)19-6-2-5-16-12-23(13-18(16)19)20(24)17-7-9-25-14-17/h3-4,8,10,16-19H,2,5-7,9,11-14H2,1H3/t16-,17-,18+,19-/m1/s1. The van der Waals surface area contributed by atoms with Gasteiger partial charge in [-0.15, -0.1) is 0 Å². The minimum absolute atomic E-state index is 0.103. The van der Waals surface area contributed by atoms with E-state index >= 15 is 0 Å². The molecule has 1 aliphatic carbocycles.